The molecule has 0 atom stereocenters. The van der Waals surface area contributed by atoms with Gasteiger partial charge in [0, 0.05) is 48.5 Å². The maximum absolute atomic E-state index is 12.3. The number of anilines is 2. The minimum Gasteiger partial charge on any atom is -0.345 e. The molecule has 1 aliphatic heterocycles. The molecule has 116 valence electrons. The molecule has 1 aliphatic rings. The Morgan fingerprint density at radius 1 is 1.32 bits per heavy atom. The van der Waals surface area contributed by atoms with Gasteiger partial charge >= 0.3 is 6.03 Å². The van der Waals surface area contributed by atoms with Crippen LogP contribution in [0.15, 0.2) is 29.8 Å². The van der Waals surface area contributed by atoms with Gasteiger partial charge in [-0.1, -0.05) is 11.6 Å². The SMILES string of the molecule is Cc1cc(Cl)ccc1NC(=O)N1CCN(c2nccs2)CC1. The zero-order valence-electron chi connectivity index (χ0n) is 12.3. The van der Waals surface area contributed by atoms with Crippen molar-refractivity contribution in [3.8, 4) is 0 Å². The molecule has 3 rings (SSSR count). The number of halogens is 1. The van der Waals surface area contributed by atoms with E-state index in [2.05, 4.69) is 15.2 Å². The second-order valence-corrected chi connectivity index (χ2v) is 6.49. The average molecular weight is 337 g/mol. The summed E-state index contributed by atoms with van der Waals surface area (Å²) in [6.45, 7) is 4.93. The van der Waals surface area contributed by atoms with Gasteiger partial charge in [-0.25, -0.2) is 9.78 Å². The third-order valence-corrected chi connectivity index (χ3v) is 4.75. The molecule has 2 aromatic rings. The van der Waals surface area contributed by atoms with Crippen LogP contribution in [0.5, 0.6) is 0 Å². The first-order valence-electron chi connectivity index (χ1n) is 7.10. The van der Waals surface area contributed by atoms with E-state index < -0.39 is 0 Å². The highest BCUT2D eigenvalue weighted by atomic mass is 35.5. The largest absolute Gasteiger partial charge is 0.345 e. The fourth-order valence-corrected chi connectivity index (χ4v) is 3.36. The molecule has 1 fully saturated rings. The van der Waals surface area contributed by atoms with Crippen LogP contribution >= 0.6 is 22.9 Å². The van der Waals surface area contributed by atoms with Gasteiger partial charge in [0.05, 0.1) is 0 Å². The lowest BCUT2D eigenvalue weighted by molar-refractivity contribution is 0.208. The van der Waals surface area contributed by atoms with Gasteiger partial charge < -0.3 is 15.1 Å². The molecule has 1 N–H and O–H groups in total. The molecular formula is C15H17ClN4OS. The first-order valence-corrected chi connectivity index (χ1v) is 8.36. The second-order valence-electron chi connectivity index (χ2n) is 5.18. The summed E-state index contributed by atoms with van der Waals surface area (Å²) in [5, 5.41) is 6.62. The van der Waals surface area contributed by atoms with Gasteiger partial charge in [-0.3, -0.25) is 0 Å². The minimum atomic E-state index is -0.0655. The van der Waals surface area contributed by atoms with E-state index in [0.29, 0.717) is 18.1 Å². The molecule has 5 nitrogen and oxygen atoms in total. The quantitative estimate of drug-likeness (QED) is 0.913. The number of carbonyl (C=O) groups excluding carboxylic acids is 1. The van der Waals surface area contributed by atoms with Crippen LogP contribution in [0.2, 0.25) is 5.02 Å². The fourth-order valence-electron chi connectivity index (χ4n) is 2.43. The predicted molar refractivity (Wildman–Crippen MR) is 91.1 cm³/mol. The standard InChI is InChI=1S/C15H17ClN4OS/c1-11-10-12(16)2-3-13(11)18-14(21)19-5-7-20(8-6-19)15-17-4-9-22-15/h2-4,9-10H,5-8H2,1H3,(H,18,21). The normalized spacial score (nSPS) is 15.0. The maximum atomic E-state index is 12.3. The topological polar surface area (TPSA) is 48.5 Å². The van der Waals surface area contributed by atoms with E-state index in [4.69, 9.17) is 11.6 Å². The van der Waals surface area contributed by atoms with Gasteiger partial charge in [0.1, 0.15) is 0 Å². The number of nitrogens with one attached hydrogen (secondary N) is 1. The van der Waals surface area contributed by atoms with Crippen LogP contribution in [0.3, 0.4) is 0 Å². The van der Waals surface area contributed by atoms with Crippen molar-refractivity contribution in [2.45, 2.75) is 6.92 Å². The molecule has 0 unspecified atom stereocenters. The monoisotopic (exact) mass is 336 g/mol. The van der Waals surface area contributed by atoms with E-state index in [0.717, 1.165) is 29.5 Å². The summed E-state index contributed by atoms with van der Waals surface area (Å²) in [5.41, 5.74) is 1.76. The number of piperazine rings is 1. The number of rotatable bonds is 2. The maximum Gasteiger partial charge on any atom is 0.321 e. The number of aryl methyl sites for hydroxylation is 1. The number of thiazole rings is 1. The molecule has 0 saturated carbocycles. The van der Waals surface area contributed by atoms with Crippen molar-refractivity contribution in [2.24, 2.45) is 0 Å². The zero-order chi connectivity index (χ0) is 15.5. The molecule has 1 aromatic heterocycles. The molecule has 2 heterocycles. The van der Waals surface area contributed by atoms with Crippen LogP contribution in [-0.2, 0) is 0 Å². The highest BCUT2D eigenvalue weighted by molar-refractivity contribution is 7.13. The van der Waals surface area contributed by atoms with Crippen molar-refractivity contribution in [2.75, 3.05) is 36.4 Å². The van der Waals surface area contributed by atoms with E-state index in [1.54, 1.807) is 17.4 Å². The van der Waals surface area contributed by atoms with Gasteiger partial charge in [0.25, 0.3) is 0 Å². The van der Waals surface area contributed by atoms with Gasteiger partial charge in [0.2, 0.25) is 0 Å². The van der Waals surface area contributed by atoms with E-state index >= 15 is 0 Å². The Hall–Kier alpha value is -1.79. The summed E-state index contributed by atoms with van der Waals surface area (Å²) in [4.78, 5) is 20.7. The van der Waals surface area contributed by atoms with Crippen molar-refractivity contribution in [3.05, 3.63) is 40.4 Å². The lowest BCUT2D eigenvalue weighted by Gasteiger charge is -2.34. The van der Waals surface area contributed by atoms with Crippen LogP contribution in [0.25, 0.3) is 0 Å². The first-order chi connectivity index (χ1) is 10.6. The average Bonchev–Trinajstić information content (AvgIpc) is 3.04. The van der Waals surface area contributed by atoms with Crippen LogP contribution < -0.4 is 10.2 Å². The number of urea groups is 1. The number of aromatic nitrogens is 1. The van der Waals surface area contributed by atoms with Crippen molar-refractivity contribution in [1.29, 1.82) is 0 Å². The first kappa shape index (κ1) is 15.1. The lowest BCUT2D eigenvalue weighted by Crippen LogP contribution is -2.50. The molecule has 0 aliphatic carbocycles. The van der Waals surface area contributed by atoms with Gasteiger partial charge in [-0.05, 0) is 30.7 Å². The molecule has 1 saturated heterocycles. The molecule has 22 heavy (non-hydrogen) atoms. The van der Waals surface area contributed by atoms with Crippen molar-refractivity contribution < 1.29 is 4.79 Å². The molecule has 2 amide bonds. The van der Waals surface area contributed by atoms with E-state index in [-0.39, 0.29) is 6.03 Å². The molecule has 0 spiro atoms. The summed E-state index contributed by atoms with van der Waals surface area (Å²) in [5.74, 6) is 0. The van der Waals surface area contributed by atoms with E-state index in [1.807, 2.05) is 35.5 Å². The Kier molecular flexibility index (Phi) is 4.49. The Morgan fingerprint density at radius 2 is 2.09 bits per heavy atom. The Labute approximate surface area is 138 Å². The van der Waals surface area contributed by atoms with E-state index in [1.165, 1.54) is 0 Å². The third-order valence-electron chi connectivity index (χ3n) is 3.69. The van der Waals surface area contributed by atoms with Crippen LogP contribution in [0.1, 0.15) is 5.56 Å². The van der Waals surface area contributed by atoms with Crippen LogP contribution in [0, 0.1) is 6.92 Å². The second kappa shape index (κ2) is 6.54. The summed E-state index contributed by atoms with van der Waals surface area (Å²) in [6, 6.07) is 5.40. The number of carbonyl (C=O) groups is 1. The van der Waals surface area contributed by atoms with Crippen LogP contribution in [-0.4, -0.2) is 42.1 Å². The van der Waals surface area contributed by atoms with E-state index in [9.17, 15) is 4.79 Å². The Bertz CT molecular complexity index is 654. The number of amides is 2. The molecule has 1 aromatic carbocycles. The van der Waals surface area contributed by atoms with Crippen molar-refractivity contribution >= 4 is 39.8 Å². The number of hydrogen-bond donors (Lipinski definition) is 1. The summed E-state index contributed by atoms with van der Waals surface area (Å²) in [7, 11) is 0. The Morgan fingerprint density at radius 3 is 2.73 bits per heavy atom. The predicted octanol–water partition coefficient (Wildman–Crippen LogP) is 3.46. The van der Waals surface area contributed by atoms with Crippen molar-refractivity contribution in [3.63, 3.8) is 0 Å². The van der Waals surface area contributed by atoms with Crippen LogP contribution in [0.4, 0.5) is 15.6 Å². The van der Waals surface area contributed by atoms with Gasteiger partial charge in [0.15, 0.2) is 5.13 Å². The Balaban J connectivity index is 1.58. The molecular weight excluding hydrogens is 320 g/mol. The lowest BCUT2D eigenvalue weighted by atomic mass is 10.2. The minimum absolute atomic E-state index is 0.0655. The number of hydrogen-bond acceptors (Lipinski definition) is 4. The van der Waals surface area contributed by atoms with Crippen molar-refractivity contribution in [1.82, 2.24) is 9.88 Å². The smallest absolute Gasteiger partial charge is 0.321 e. The zero-order valence-corrected chi connectivity index (χ0v) is 13.8. The van der Waals surface area contributed by atoms with Gasteiger partial charge in [-0.2, -0.15) is 0 Å². The highest BCUT2D eigenvalue weighted by Crippen LogP contribution is 2.21. The fraction of sp³-hybridized carbons (Fsp3) is 0.333. The third kappa shape index (κ3) is 3.34. The number of benzene rings is 1. The summed E-state index contributed by atoms with van der Waals surface area (Å²) < 4.78 is 0. The highest BCUT2D eigenvalue weighted by Gasteiger charge is 2.22. The molecule has 0 radical (unpaired) electrons. The summed E-state index contributed by atoms with van der Waals surface area (Å²) in [6.07, 6.45) is 1.81. The molecule has 0 bridgehead atoms. The molecule has 7 heteroatoms. The number of nitrogens with zero attached hydrogens (tertiary/aromatic N) is 3. The summed E-state index contributed by atoms with van der Waals surface area (Å²) >= 11 is 7.56. The van der Waals surface area contributed by atoms with Gasteiger partial charge in [-0.15, -0.1) is 11.3 Å².